The average molecular weight is 386 g/mol. The van der Waals surface area contributed by atoms with E-state index < -0.39 is 30.2 Å². The second-order valence-electron chi connectivity index (χ2n) is 5.44. The Balaban J connectivity index is 1.75. The highest BCUT2D eigenvalue weighted by molar-refractivity contribution is 6.30. The van der Waals surface area contributed by atoms with Gasteiger partial charge < -0.3 is 10.1 Å². The summed E-state index contributed by atoms with van der Waals surface area (Å²) in [6.45, 7) is -0.240. The molecule has 0 radical (unpaired) electrons. The number of hydrogen-bond acceptors (Lipinski definition) is 3. The van der Waals surface area contributed by atoms with Gasteiger partial charge in [0.2, 0.25) is 0 Å². The highest BCUT2D eigenvalue weighted by Gasteiger charge is 2.30. The van der Waals surface area contributed by atoms with Gasteiger partial charge >= 0.3 is 12.1 Å². The maximum absolute atomic E-state index is 12.5. The van der Waals surface area contributed by atoms with E-state index in [4.69, 9.17) is 16.3 Å². The Bertz CT molecular complexity index is 776. The van der Waals surface area contributed by atoms with E-state index in [-0.39, 0.29) is 13.0 Å². The number of carbonyl (C=O) groups is 2. The number of rotatable bonds is 6. The van der Waals surface area contributed by atoms with Crippen molar-refractivity contribution in [3.63, 3.8) is 0 Å². The predicted molar refractivity (Wildman–Crippen MR) is 89.4 cm³/mol. The Morgan fingerprint density at radius 1 is 1.04 bits per heavy atom. The maximum Gasteiger partial charge on any atom is 0.416 e. The number of amides is 1. The van der Waals surface area contributed by atoms with Gasteiger partial charge in [-0.3, -0.25) is 9.59 Å². The van der Waals surface area contributed by atoms with E-state index in [2.05, 4.69) is 5.32 Å². The van der Waals surface area contributed by atoms with Gasteiger partial charge in [0.25, 0.3) is 5.91 Å². The summed E-state index contributed by atoms with van der Waals surface area (Å²) in [6, 6.07) is 11.1. The topological polar surface area (TPSA) is 55.4 Å². The lowest BCUT2D eigenvalue weighted by Gasteiger charge is -2.08. The van der Waals surface area contributed by atoms with Crippen molar-refractivity contribution in [1.29, 1.82) is 0 Å². The molecule has 0 saturated carbocycles. The predicted octanol–water partition coefficient (Wildman–Crippen LogP) is 3.76. The van der Waals surface area contributed by atoms with Gasteiger partial charge in [-0.2, -0.15) is 13.2 Å². The Morgan fingerprint density at radius 3 is 2.35 bits per heavy atom. The summed E-state index contributed by atoms with van der Waals surface area (Å²) in [6.07, 6.45) is -4.65. The Hall–Kier alpha value is -2.54. The summed E-state index contributed by atoms with van der Waals surface area (Å²) >= 11 is 5.83. The number of esters is 1. The molecule has 0 saturated heterocycles. The van der Waals surface area contributed by atoms with Gasteiger partial charge in [-0.25, -0.2) is 0 Å². The SMILES string of the molecule is O=C(COC(=O)Cc1ccc(C(F)(F)F)cc1)NCc1cccc(Cl)c1. The molecule has 0 unspecified atom stereocenters. The van der Waals surface area contributed by atoms with Crippen LogP contribution >= 0.6 is 11.6 Å². The molecule has 0 aliphatic rings. The largest absolute Gasteiger partial charge is 0.455 e. The van der Waals surface area contributed by atoms with E-state index in [9.17, 15) is 22.8 Å². The zero-order valence-corrected chi connectivity index (χ0v) is 14.2. The standard InChI is InChI=1S/C18H15ClF3NO3/c19-15-3-1-2-13(8-15)10-23-16(24)11-26-17(25)9-12-4-6-14(7-5-12)18(20,21)22/h1-8H,9-11H2,(H,23,24). The minimum atomic E-state index is -4.43. The molecule has 138 valence electrons. The van der Waals surface area contributed by atoms with Gasteiger partial charge in [0.05, 0.1) is 12.0 Å². The van der Waals surface area contributed by atoms with Gasteiger partial charge in [0.1, 0.15) is 0 Å². The second kappa shape index (κ2) is 8.71. The molecular weight excluding hydrogens is 371 g/mol. The summed E-state index contributed by atoms with van der Waals surface area (Å²) in [4.78, 5) is 23.3. The normalized spacial score (nSPS) is 11.1. The highest BCUT2D eigenvalue weighted by Crippen LogP contribution is 2.29. The lowest BCUT2D eigenvalue weighted by Crippen LogP contribution is -2.28. The van der Waals surface area contributed by atoms with Crippen LogP contribution in [0.1, 0.15) is 16.7 Å². The van der Waals surface area contributed by atoms with Crippen LogP contribution in [-0.2, 0) is 33.5 Å². The van der Waals surface area contributed by atoms with Crippen LogP contribution in [0.5, 0.6) is 0 Å². The van der Waals surface area contributed by atoms with Crippen molar-refractivity contribution < 1.29 is 27.5 Å². The Labute approximate surface area is 152 Å². The molecule has 2 aromatic carbocycles. The smallest absolute Gasteiger partial charge is 0.416 e. The third-order valence-electron chi connectivity index (χ3n) is 3.37. The zero-order chi connectivity index (χ0) is 19.2. The van der Waals surface area contributed by atoms with Crippen LogP contribution in [0.2, 0.25) is 5.02 Å². The molecule has 4 nitrogen and oxygen atoms in total. The van der Waals surface area contributed by atoms with Gasteiger partial charge in [0, 0.05) is 11.6 Å². The van der Waals surface area contributed by atoms with Crippen LogP contribution in [0.3, 0.4) is 0 Å². The molecule has 0 heterocycles. The number of carbonyl (C=O) groups excluding carboxylic acids is 2. The molecule has 0 spiro atoms. The van der Waals surface area contributed by atoms with Crippen LogP contribution in [-0.4, -0.2) is 18.5 Å². The average Bonchev–Trinajstić information content (AvgIpc) is 2.58. The monoisotopic (exact) mass is 385 g/mol. The fraction of sp³-hybridized carbons (Fsp3) is 0.222. The summed E-state index contributed by atoms with van der Waals surface area (Å²) in [5.41, 5.74) is 0.360. The van der Waals surface area contributed by atoms with Crippen molar-refractivity contribution in [1.82, 2.24) is 5.32 Å². The van der Waals surface area contributed by atoms with Gasteiger partial charge in [-0.15, -0.1) is 0 Å². The molecule has 0 aromatic heterocycles. The van der Waals surface area contributed by atoms with E-state index in [1.807, 2.05) is 0 Å². The quantitative estimate of drug-likeness (QED) is 0.770. The third kappa shape index (κ3) is 6.40. The van der Waals surface area contributed by atoms with Crippen molar-refractivity contribution in [3.05, 3.63) is 70.2 Å². The summed E-state index contributed by atoms with van der Waals surface area (Å²) in [5, 5.41) is 3.11. The second-order valence-corrected chi connectivity index (χ2v) is 5.88. The summed E-state index contributed by atoms with van der Waals surface area (Å²) in [5.74, 6) is -1.20. The van der Waals surface area contributed by atoms with Crippen LogP contribution in [0.25, 0.3) is 0 Å². The first kappa shape index (κ1) is 19.8. The Kier molecular flexibility index (Phi) is 6.63. The molecule has 0 atom stereocenters. The summed E-state index contributed by atoms with van der Waals surface area (Å²) in [7, 11) is 0. The fourth-order valence-corrected chi connectivity index (χ4v) is 2.29. The van der Waals surface area contributed by atoms with Crippen LogP contribution in [0, 0.1) is 0 Å². The number of benzene rings is 2. The fourth-order valence-electron chi connectivity index (χ4n) is 2.07. The molecule has 2 aromatic rings. The van der Waals surface area contributed by atoms with E-state index in [1.54, 1.807) is 24.3 Å². The van der Waals surface area contributed by atoms with Gasteiger partial charge in [0.15, 0.2) is 6.61 Å². The molecular formula is C18H15ClF3NO3. The lowest BCUT2D eigenvalue weighted by molar-refractivity contribution is -0.147. The Morgan fingerprint density at radius 2 is 1.73 bits per heavy atom. The molecule has 0 bridgehead atoms. The van der Waals surface area contributed by atoms with Crippen molar-refractivity contribution in [3.8, 4) is 0 Å². The van der Waals surface area contributed by atoms with Gasteiger partial charge in [-0.05, 0) is 35.4 Å². The van der Waals surface area contributed by atoms with Crippen LogP contribution < -0.4 is 5.32 Å². The van der Waals surface area contributed by atoms with E-state index >= 15 is 0 Å². The lowest BCUT2D eigenvalue weighted by atomic mass is 10.1. The van der Waals surface area contributed by atoms with E-state index in [0.29, 0.717) is 10.6 Å². The number of nitrogens with one attached hydrogen (secondary N) is 1. The van der Waals surface area contributed by atoms with Crippen LogP contribution in [0.4, 0.5) is 13.2 Å². The third-order valence-corrected chi connectivity index (χ3v) is 3.61. The maximum atomic E-state index is 12.5. The van der Waals surface area contributed by atoms with Crippen molar-refractivity contribution in [2.24, 2.45) is 0 Å². The van der Waals surface area contributed by atoms with Crippen molar-refractivity contribution in [2.45, 2.75) is 19.1 Å². The number of hydrogen-bond donors (Lipinski definition) is 1. The first-order valence-corrected chi connectivity index (χ1v) is 7.95. The number of alkyl halides is 3. The number of halogens is 4. The van der Waals surface area contributed by atoms with Crippen molar-refractivity contribution in [2.75, 3.05) is 6.61 Å². The molecule has 0 fully saturated rings. The molecule has 0 aliphatic carbocycles. The van der Waals surface area contributed by atoms with Gasteiger partial charge in [-0.1, -0.05) is 35.9 Å². The molecule has 1 N–H and O–H groups in total. The minimum absolute atomic E-state index is 0.223. The molecule has 2 rings (SSSR count). The summed E-state index contributed by atoms with van der Waals surface area (Å²) < 4.78 is 42.2. The number of ether oxygens (including phenoxy) is 1. The van der Waals surface area contributed by atoms with Crippen LogP contribution in [0.15, 0.2) is 48.5 Å². The molecule has 26 heavy (non-hydrogen) atoms. The van der Waals surface area contributed by atoms with E-state index in [1.165, 1.54) is 12.1 Å². The molecule has 8 heteroatoms. The molecule has 1 amide bonds. The van der Waals surface area contributed by atoms with E-state index in [0.717, 1.165) is 17.7 Å². The first-order valence-electron chi connectivity index (χ1n) is 7.57. The first-order chi connectivity index (χ1) is 12.2. The highest BCUT2D eigenvalue weighted by atomic mass is 35.5. The molecule has 0 aliphatic heterocycles. The zero-order valence-electron chi connectivity index (χ0n) is 13.5. The van der Waals surface area contributed by atoms with Crippen molar-refractivity contribution >= 4 is 23.5 Å². The minimum Gasteiger partial charge on any atom is -0.455 e.